The Bertz CT molecular complexity index is 1650. The summed E-state index contributed by atoms with van der Waals surface area (Å²) >= 11 is 13.5. The van der Waals surface area contributed by atoms with E-state index in [0.29, 0.717) is 15.7 Å². The van der Waals surface area contributed by atoms with Gasteiger partial charge in [0.15, 0.2) is 0 Å². The number of pyridine rings is 1. The highest BCUT2D eigenvalue weighted by Crippen LogP contribution is 2.34. The van der Waals surface area contributed by atoms with Crippen LogP contribution in [0.2, 0.25) is 9.49 Å². The van der Waals surface area contributed by atoms with Crippen molar-refractivity contribution in [2.75, 3.05) is 0 Å². The lowest BCUT2D eigenvalue weighted by atomic mass is 10.2. The zero-order valence-corrected chi connectivity index (χ0v) is 20.6. The molecule has 0 saturated heterocycles. The van der Waals surface area contributed by atoms with Gasteiger partial charge in [-0.25, -0.2) is 9.67 Å². The summed E-state index contributed by atoms with van der Waals surface area (Å²) in [6, 6.07) is 4.66. The Hall–Kier alpha value is -2.96. The number of thiophene rings is 1. The molecule has 0 aromatic carbocycles. The van der Waals surface area contributed by atoms with Crippen LogP contribution in [0.3, 0.4) is 0 Å². The molecule has 0 radical (unpaired) electrons. The molecule has 14 heteroatoms. The van der Waals surface area contributed by atoms with Crippen molar-refractivity contribution in [3.8, 4) is 11.5 Å². The molecule has 0 unspecified atom stereocenters. The van der Waals surface area contributed by atoms with Crippen LogP contribution in [0.5, 0.6) is 0 Å². The second-order valence-electron chi connectivity index (χ2n) is 8.08. The van der Waals surface area contributed by atoms with Crippen molar-refractivity contribution in [3.05, 3.63) is 61.5 Å². The second-order valence-corrected chi connectivity index (χ2v) is 10.2. The molecule has 0 fully saturated rings. The van der Waals surface area contributed by atoms with Gasteiger partial charge in [-0.15, -0.1) is 21.5 Å². The Kier molecular flexibility index (Phi) is 5.65. The quantitative estimate of drug-likeness (QED) is 0.250. The first-order chi connectivity index (χ1) is 16.5. The van der Waals surface area contributed by atoms with Crippen LogP contribution in [-0.2, 0) is 6.18 Å². The fraction of sp³-hybridized carbons (Fsp3) is 0.286. The standard InChI is InChI=1S/C21H15Cl2F3N6O2S/c1-8(2)17-30-32(20(33)12-6-13-11(31(12)17)7-15(22)35-13)9(3)18-28-29-19(34-18)10-4-5-14(21(24,25)26)27-16(10)23/h4-9H,1-3H3/t9-/m0/s1. The third kappa shape index (κ3) is 3.99. The zero-order valence-electron chi connectivity index (χ0n) is 18.3. The molecule has 0 bridgehead atoms. The van der Waals surface area contributed by atoms with E-state index >= 15 is 0 Å². The maximum Gasteiger partial charge on any atom is 0.433 e. The highest BCUT2D eigenvalue weighted by atomic mass is 35.5. The fourth-order valence-electron chi connectivity index (χ4n) is 3.69. The largest absolute Gasteiger partial charge is 0.433 e. The Morgan fingerprint density at radius 3 is 2.49 bits per heavy atom. The molecular formula is C21H15Cl2F3N6O2S. The minimum absolute atomic E-state index is 0.0287. The van der Waals surface area contributed by atoms with Gasteiger partial charge in [0.2, 0.25) is 5.89 Å². The molecule has 0 aliphatic carbocycles. The number of aromatic nitrogens is 6. The van der Waals surface area contributed by atoms with Gasteiger partial charge in [0.25, 0.3) is 11.4 Å². The second kappa shape index (κ2) is 8.32. The Morgan fingerprint density at radius 2 is 1.83 bits per heavy atom. The van der Waals surface area contributed by atoms with Crippen LogP contribution in [0, 0.1) is 0 Å². The van der Waals surface area contributed by atoms with Crippen molar-refractivity contribution in [1.82, 2.24) is 29.4 Å². The minimum atomic E-state index is -4.64. The summed E-state index contributed by atoms with van der Waals surface area (Å²) in [7, 11) is 0. The summed E-state index contributed by atoms with van der Waals surface area (Å²) < 4.78 is 48.8. The predicted octanol–water partition coefficient (Wildman–Crippen LogP) is 6.21. The molecule has 182 valence electrons. The van der Waals surface area contributed by atoms with E-state index in [1.54, 1.807) is 23.5 Å². The van der Waals surface area contributed by atoms with Gasteiger partial charge in [-0.2, -0.15) is 18.3 Å². The van der Waals surface area contributed by atoms with E-state index in [9.17, 15) is 18.0 Å². The minimum Gasteiger partial charge on any atom is -0.418 e. The topological polar surface area (TPSA) is 91.1 Å². The van der Waals surface area contributed by atoms with E-state index in [2.05, 4.69) is 20.3 Å². The molecule has 0 amide bonds. The van der Waals surface area contributed by atoms with Crippen molar-refractivity contribution in [2.45, 2.75) is 38.9 Å². The predicted molar refractivity (Wildman–Crippen MR) is 125 cm³/mol. The number of alkyl halides is 3. The Balaban J connectivity index is 1.58. The normalized spacial score (nSPS) is 13.4. The maximum absolute atomic E-state index is 13.4. The SMILES string of the molecule is CC(C)c1nn([C@@H](C)c2nnc(-c3ccc(C(F)(F)F)nc3Cl)o2)c(=O)c2cc3sc(Cl)cc3n12. The molecule has 0 saturated carbocycles. The van der Waals surface area contributed by atoms with Crippen LogP contribution in [0.1, 0.15) is 50.1 Å². The van der Waals surface area contributed by atoms with Gasteiger partial charge in [0, 0.05) is 5.92 Å². The number of hydrogen-bond donors (Lipinski definition) is 0. The van der Waals surface area contributed by atoms with E-state index in [1.165, 1.54) is 16.0 Å². The highest BCUT2D eigenvalue weighted by molar-refractivity contribution is 7.22. The van der Waals surface area contributed by atoms with Gasteiger partial charge in [-0.1, -0.05) is 37.0 Å². The van der Waals surface area contributed by atoms with Gasteiger partial charge in [0.05, 0.1) is 20.1 Å². The van der Waals surface area contributed by atoms with Gasteiger partial charge in [-0.05, 0) is 31.2 Å². The average molecular weight is 543 g/mol. The number of hydrogen-bond acceptors (Lipinski definition) is 7. The molecule has 0 spiro atoms. The molecule has 5 aromatic rings. The molecule has 5 rings (SSSR count). The average Bonchev–Trinajstić information content (AvgIpc) is 3.47. The fourth-order valence-corrected chi connectivity index (χ4v) is 5.08. The molecule has 0 N–H and O–H groups in total. The van der Waals surface area contributed by atoms with Crippen molar-refractivity contribution in [1.29, 1.82) is 0 Å². The smallest absolute Gasteiger partial charge is 0.418 e. The molecule has 1 atom stereocenters. The van der Waals surface area contributed by atoms with E-state index in [0.717, 1.165) is 22.3 Å². The van der Waals surface area contributed by atoms with Crippen molar-refractivity contribution in [3.63, 3.8) is 0 Å². The highest BCUT2D eigenvalue weighted by Gasteiger charge is 2.33. The maximum atomic E-state index is 13.4. The van der Waals surface area contributed by atoms with Gasteiger partial charge in [0.1, 0.15) is 28.2 Å². The first kappa shape index (κ1) is 23.8. The first-order valence-electron chi connectivity index (χ1n) is 10.3. The summed E-state index contributed by atoms with van der Waals surface area (Å²) in [4.78, 5) is 16.7. The summed E-state index contributed by atoms with van der Waals surface area (Å²) in [6.45, 7) is 5.55. The Morgan fingerprint density at radius 1 is 1.09 bits per heavy atom. The zero-order chi connectivity index (χ0) is 25.2. The van der Waals surface area contributed by atoms with Crippen LogP contribution in [0.4, 0.5) is 13.2 Å². The third-order valence-corrected chi connectivity index (χ3v) is 6.87. The monoisotopic (exact) mass is 542 g/mol. The summed E-state index contributed by atoms with van der Waals surface area (Å²) in [5.41, 5.74) is -0.266. The van der Waals surface area contributed by atoms with Crippen LogP contribution in [0.15, 0.2) is 33.5 Å². The molecule has 0 aliphatic rings. The number of rotatable bonds is 4. The van der Waals surface area contributed by atoms with Gasteiger partial charge in [-0.3, -0.25) is 9.20 Å². The molecule has 35 heavy (non-hydrogen) atoms. The van der Waals surface area contributed by atoms with E-state index in [-0.39, 0.29) is 28.8 Å². The number of halogens is 5. The molecule has 5 heterocycles. The summed E-state index contributed by atoms with van der Waals surface area (Å²) in [5.74, 6) is 0.488. The number of nitrogens with zero attached hydrogens (tertiary/aromatic N) is 6. The third-order valence-electron chi connectivity index (χ3n) is 5.38. The van der Waals surface area contributed by atoms with Gasteiger partial charge < -0.3 is 4.42 Å². The summed E-state index contributed by atoms with van der Waals surface area (Å²) in [5, 5.41) is 12.0. The van der Waals surface area contributed by atoms with E-state index in [1.807, 2.05) is 13.8 Å². The molecule has 8 nitrogen and oxygen atoms in total. The first-order valence-corrected chi connectivity index (χ1v) is 11.8. The summed E-state index contributed by atoms with van der Waals surface area (Å²) in [6.07, 6.45) is -4.64. The van der Waals surface area contributed by atoms with Crippen molar-refractivity contribution >= 4 is 50.3 Å². The van der Waals surface area contributed by atoms with Crippen LogP contribution < -0.4 is 5.56 Å². The van der Waals surface area contributed by atoms with Crippen LogP contribution >= 0.6 is 34.5 Å². The van der Waals surface area contributed by atoms with Gasteiger partial charge >= 0.3 is 6.18 Å². The van der Waals surface area contributed by atoms with E-state index in [4.69, 9.17) is 27.6 Å². The number of fused-ring (bicyclic) bond motifs is 3. The lowest BCUT2D eigenvalue weighted by Crippen LogP contribution is -2.30. The van der Waals surface area contributed by atoms with Crippen molar-refractivity contribution in [2.24, 2.45) is 0 Å². The lowest BCUT2D eigenvalue weighted by Gasteiger charge is -2.15. The molecule has 0 aliphatic heterocycles. The van der Waals surface area contributed by atoms with Crippen LogP contribution in [-0.4, -0.2) is 29.4 Å². The Labute approximate surface area is 208 Å². The van der Waals surface area contributed by atoms with Crippen LogP contribution in [0.25, 0.3) is 27.2 Å². The molecule has 5 aromatic heterocycles. The van der Waals surface area contributed by atoms with Crippen molar-refractivity contribution < 1.29 is 17.6 Å². The lowest BCUT2D eigenvalue weighted by molar-refractivity contribution is -0.141. The molecular weight excluding hydrogens is 528 g/mol. The van der Waals surface area contributed by atoms with E-state index < -0.39 is 23.1 Å².